The average molecular weight is 392 g/mol. The number of imidazole rings is 1. The molecule has 2 heterocycles. The van der Waals surface area contributed by atoms with Gasteiger partial charge in [0.15, 0.2) is 0 Å². The van der Waals surface area contributed by atoms with Crippen LogP contribution in [0.1, 0.15) is 44.0 Å². The second-order valence-electron chi connectivity index (χ2n) is 8.38. The van der Waals surface area contributed by atoms with Crippen LogP contribution < -0.4 is 0 Å². The van der Waals surface area contributed by atoms with Gasteiger partial charge in [0, 0.05) is 19.0 Å². The van der Waals surface area contributed by atoms with Crippen molar-refractivity contribution >= 4 is 11.0 Å². The van der Waals surface area contributed by atoms with Gasteiger partial charge in [0.05, 0.1) is 23.7 Å². The van der Waals surface area contributed by atoms with E-state index in [-0.39, 0.29) is 6.10 Å². The molecule has 3 aromatic rings. The summed E-state index contributed by atoms with van der Waals surface area (Å²) in [6.07, 6.45) is 3.77. The zero-order valence-corrected chi connectivity index (χ0v) is 17.8. The molecule has 1 fully saturated rings. The lowest BCUT2D eigenvalue weighted by Gasteiger charge is -2.32. The number of para-hydroxylation sites is 2. The highest BCUT2D eigenvalue weighted by Gasteiger charge is 2.25. The number of benzene rings is 2. The van der Waals surface area contributed by atoms with Gasteiger partial charge in [-0.25, -0.2) is 4.98 Å². The van der Waals surface area contributed by atoms with Crippen molar-refractivity contribution in [3.8, 4) is 0 Å². The number of hydrogen-bond acceptors (Lipinski definition) is 3. The largest absolute Gasteiger partial charge is 0.377 e. The van der Waals surface area contributed by atoms with Crippen LogP contribution in [0.4, 0.5) is 0 Å². The van der Waals surface area contributed by atoms with Gasteiger partial charge in [-0.1, -0.05) is 42.5 Å². The molecular formula is C25H33N3O. The monoisotopic (exact) mass is 391 g/mol. The van der Waals surface area contributed by atoms with Gasteiger partial charge in [0.25, 0.3) is 0 Å². The Morgan fingerprint density at radius 3 is 2.45 bits per heavy atom. The summed E-state index contributed by atoms with van der Waals surface area (Å²) in [5, 5.41) is 0. The highest BCUT2D eigenvalue weighted by molar-refractivity contribution is 5.76. The summed E-state index contributed by atoms with van der Waals surface area (Å²) in [7, 11) is 0. The lowest BCUT2D eigenvalue weighted by atomic mass is 9.95. The fourth-order valence-electron chi connectivity index (χ4n) is 4.37. The van der Waals surface area contributed by atoms with Gasteiger partial charge in [-0.05, 0) is 63.9 Å². The van der Waals surface area contributed by atoms with E-state index in [0.717, 1.165) is 44.7 Å². The van der Waals surface area contributed by atoms with Crippen LogP contribution in [0.2, 0.25) is 0 Å². The molecule has 29 heavy (non-hydrogen) atoms. The Morgan fingerprint density at radius 2 is 1.69 bits per heavy atom. The van der Waals surface area contributed by atoms with Crippen LogP contribution in [0, 0.1) is 0 Å². The zero-order valence-electron chi connectivity index (χ0n) is 17.8. The van der Waals surface area contributed by atoms with Crippen LogP contribution >= 0.6 is 0 Å². The van der Waals surface area contributed by atoms with Crippen molar-refractivity contribution in [2.24, 2.45) is 0 Å². The molecule has 0 bridgehead atoms. The van der Waals surface area contributed by atoms with Gasteiger partial charge >= 0.3 is 0 Å². The molecule has 4 heteroatoms. The quantitative estimate of drug-likeness (QED) is 0.548. The molecule has 1 aromatic heterocycles. The Labute approximate surface area is 174 Å². The van der Waals surface area contributed by atoms with Crippen LogP contribution in [0.25, 0.3) is 11.0 Å². The normalized spacial score (nSPS) is 16.1. The van der Waals surface area contributed by atoms with Gasteiger partial charge in [-0.15, -0.1) is 0 Å². The summed E-state index contributed by atoms with van der Waals surface area (Å²) >= 11 is 0. The molecule has 1 aliphatic rings. The fraction of sp³-hybridized carbons (Fsp3) is 0.480. The van der Waals surface area contributed by atoms with Crippen LogP contribution in [0.15, 0.2) is 54.6 Å². The molecule has 154 valence electrons. The summed E-state index contributed by atoms with van der Waals surface area (Å²) in [6.45, 7) is 9.27. The first-order valence-electron chi connectivity index (χ1n) is 11.0. The van der Waals surface area contributed by atoms with Crippen molar-refractivity contribution in [1.29, 1.82) is 0 Å². The first-order valence-corrected chi connectivity index (χ1v) is 11.0. The Balaban J connectivity index is 1.40. The molecule has 0 N–H and O–H groups in total. The maximum absolute atomic E-state index is 5.84. The van der Waals surface area contributed by atoms with E-state index in [1.165, 1.54) is 29.7 Å². The number of fused-ring (bicyclic) bond motifs is 1. The van der Waals surface area contributed by atoms with Gasteiger partial charge in [-0.3, -0.25) is 0 Å². The van der Waals surface area contributed by atoms with Crippen LogP contribution in [0.3, 0.4) is 0 Å². The summed E-state index contributed by atoms with van der Waals surface area (Å²) in [5.74, 6) is 1.79. The minimum atomic E-state index is 0.265. The van der Waals surface area contributed by atoms with Gasteiger partial charge in [0.2, 0.25) is 0 Å². The summed E-state index contributed by atoms with van der Waals surface area (Å²) < 4.78 is 8.25. The average Bonchev–Trinajstić information content (AvgIpc) is 3.12. The molecule has 4 nitrogen and oxygen atoms in total. The Hall–Kier alpha value is -2.17. The molecule has 0 spiro atoms. The zero-order chi connectivity index (χ0) is 20.1. The molecule has 0 amide bonds. The fourth-order valence-corrected chi connectivity index (χ4v) is 4.37. The maximum atomic E-state index is 5.84. The van der Waals surface area contributed by atoms with Gasteiger partial charge < -0.3 is 14.2 Å². The number of rotatable bonds is 8. The number of aromatic nitrogens is 2. The third-order valence-corrected chi connectivity index (χ3v) is 5.96. The minimum Gasteiger partial charge on any atom is -0.377 e. The highest BCUT2D eigenvalue weighted by Crippen LogP contribution is 2.30. The minimum absolute atomic E-state index is 0.265. The molecule has 1 saturated heterocycles. The topological polar surface area (TPSA) is 30.3 Å². The van der Waals surface area contributed by atoms with Gasteiger partial charge in [-0.2, -0.15) is 0 Å². The third-order valence-electron chi connectivity index (χ3n) is 5.96. The molecule has 1 aliphatic heterocycles. The van der Waals surface area contributed by atoms with Crippen LogP contribution in [-0.2, 0) is 17.7 Å². The van der Waals surface area contributed by atoms with E-state index in [9.17, 15) is 0 Å². The third kappa shape index (κ3) is 5.06. The summed E-state index contributed by atoms with van der Waals surface area (Å²) in [5.41, 5.74) is 3.78. The van der Waals surface area contributed by atoms with Crippen molar-refractivity contribution in [1.82, 2.24) is 14.5 Å². The lowest BCUT2D eigenvalue weighted by Crippen LogP contribution is -2.35. The van der Waals surface area contributed by atoms with E-state index in [2.05, 4.69) is 77.9 Å². The number of ether oxygens (including phenoxy) is 1. The van der Waals surface area contributed by atoms with Crippen molar-refractivity contribution in [3.05, 3.63) is 66.0 Å². The molecule has 2 aromatic carbocycles. The van der Waals surface area contributed by atoms with Crippen molar-refractivity contribution in [2.45, 2.75) is 51.7 Å². The predicted molar refractivity (Wildman–Crippen MR) is 119 cm³/mol. The molecule has 0 unspecified atom stereocenters. The van der Waals surface area contributed by atoms with Gasteiger partial charge in [0.1, 0.15) is 5.82 Å². The van der Waals surface area contributed by atoms with E-state index >= 15 is 0 Å². The molecule has 0 saturated carbocycles. The predicted octanol–water partition coefficient (Wildman–Crippen LogP) is 4.88. The number of nitrogens with zero attached hydrogens (tertiary/aromatic N) is 3. The standard InChI is InChI=1S/C25H33N3O/c1-20(2)29-19-18-28-24-11-7-6-10-23(24)26-25(28)22-13-16-27(17-14-22)15-12-21-8-4-3-5-9-21/h3-11,20,22H,12-19H2,1-2H3. The number of hydrogen-bond donors (Lipinski definition) is 0. The van der Waals surface area contributed by atoms with E-state index in [0.29, 0.717) is 5.92 Å². The van der Waals surface area contributed by atoms with Crippen molar-refractivity contribution < 1.29 is 4.74 Å². The number of likely N-dealkylation sites (tertiary alicyclic amines) is 1. The summed E-state index contributed by atoms with van der Waals surface area (Å²) in [4.78, 5) is 7.65. The van der Waals surface area contributed by atoms with E-state index in [1.54, 1.807) is 0 Å². The van der Waals surface area contributed by atoms with Crippen LogP contribution in [-0.4, -0.2) is 46.8 Å². The van der Waals surface area contributed by atoms with Crippen LogP contribution in [0.5, 0.6) is 0 Å². The Morgan fingerprint density at radius 1 is 0.966 bits per heavy atom. The second-order valence-corrected chi connectivity index (χ2v) is 8.38. The van der Waals surface area contributed by atoms with Crippen molar-refractivity contribution in [2.75, 3.05) is 26.2 Å². The Bertz CT molecular complexity index is 895. The summed E-state index contributed by atoms with van der Waals surface area (Å²) in [6, 6.07) is 19.3. The maximum Gasteiger partial charge on any atom is 0.113 e. The van der Waals surface area contributed by atoms with E-state index in [4.69, 9.17) is 9.72 Å². The number of piperidine rings is 1. The first-order chi connectivity index (χ1) is 14.2. The first kappa shape index (κ1) is 20.1. The van der Waals surface area contributed by atoms with E-state index < -0.39 is 0 Å². The Kier molecular flexibility index (Phi) is 6.63. The molecule has 0 atom stereocenters. The highest BCUT2D eigenvalue weighted by atomic mass is 16.5. The van der Waals surface area contributed by atoms with Crippen molar-refractivity contribution in [3.63, 3.8) is 0 Å². The lowest BCUT2D eigenvalue weighted by molar-refractivity contribution is 0.0724. The smallest absolute Gasteiger partial charge is 0.113 e. The molecule has 4 rings (SSSR count). The second kappa shape index (κ2) is 9.55. The molecule has 0 aliphatic carbocycles. The SMILES string of the molecule is CC(C)OCCn1c(C2CCN(CCc3ccccc3)CC2)nc2ccccc21. The van der Waals surface area contributed by atoms with E-state index in [1.807, 2.05) is 0 Å². The molecule has 0 radical (unpaired) electrons. The molecular weight excluding hydrogens is 358 g/mol.